The molecule has 0 saturated carbocycles. The molecule has 1 aliphatic rings. The normalized spacial score (nSPS) is 13.0. The number of thioether (sulfide) groups is 1. The van der Waals surface area contributed by atoms with E-state index in [-0.39, 0.29) is 5.91 Å². The summed E-state index contributed by atoms with van der Waals surface area (Å²) in [5, 5.41) is 1.34. The third-order valence-electron chi connectivity index (χ3n) is 4.06. The van der Waals surface area contributed by atoms with Gasteiger partial charge < -0.3 is 9.47 Å². The van der Waals surface area contributed by atoms with E-state index < -0.39 is 0 Å². The Morgan fingerprint density at radius 3 is 2.85 bits per heavy atom. The summed E-state index contributed by atoms with van der Waals surface area (Å²) in [4.78, 5) is 20.0. The Labute approximate surface area is 170 Å². The molecule has 1 amide bonds. The highest BCUT2D eigenvalue weighted by Gasteiger charge is 2.19. The molecular weight excluding hydrogens is 404 g/mol. The summed E-state index contributed by atoms with van der Waals surface area (Å²) in [5.41, 5.74) is 0.813. The summed E-state index contributed by atoms with van der Waals surface area (Å²) in [7, 11) is 0. The van der Waals surface area contributed by atoms with Crippen molar-refractivity contribution < 1.29 is 14.3 Å². The molecule has 0 radical (unpaired) electrons. The maximum absolute atomic E-state index is 12.8. The number of thiazole rings is 1. The van der Waals surface area contributed by atoms with Gasteiger partial charge in [0.1, 0.15) is 13.2 Å². The number of halogens is 1. The number of ether oxygens (including phenoxy) is 2. The molecule has 5 nitrogen and oxygen atoms in total. The number of rotatable bonds is 5. The molecule has 0 unspecified atom stereocenters. The Morgan fingerprint density at radius 1 is 1.22 bits per heavy atom. The van der Waals surface area contributed by atoms with Crippen molar-refractivity contribution in [2.75, 3.05) is 30.4 Å². The van der Waals surface area contributed by atoms with E-state index in [1.165, 1.54) is 23.1 Å². The van der Waals surface area contributed by atoms with Crippen LogP contribution in [0.4, 0.5) is 5.13 Å². The lowest BCUT2D eigenvalue weighted by atomic mass is 10.3. The summed E-state index contributed by atoms with van der Waals surface area (Å²) in [6.45, 7) is 3.63. The van der Waals surface area contributed by atoms with Crippen molar-refractivity contribution in [1.29, 1.82) is 0 Å². The van der Waals surface area contributed by atoms with Crippen LogP contribution in [0, 0.1) is 0 Å². The lowest BCUT2D eigenvalue weighted by Gasteiger charge is -2.19. The van der Waals surface area contributed by atoms with Crippen molar-refractivity contribution in [2.45, 2.75) is 11.8 Å². The maximum Gasteiger partial charge on any atom is 0.239 e. The van der Waals surface area contributed by atoms with E-state index in [0.717, 1.165) is 26.6 Å². The van der Waals surface area contributed by atoms with Gasteiger partial charge in [-0.25, -0.2) is 4.98 Å². The Morgan fingerprint density at radius 2 is 2.04 bits per heavy atom. The number of carbonyl (C=O) groups excluding carboxylic acids is 1. The van der Waals surface area contributed by atoms with Gasteiger partial charge in [0, 0.05) is 16.5 Å². The third kappa shape index (κ3) is 4.00. The van der Waals surface area contributed by atoms with E-state index in [0.29, 0.717) is 35.7 Å². The number of benzene rings is 2. The van der Waals surface area contributed by atoms with Gasteiger partial charge >= 0.3 is 0 Å². The molecule has 0 spiro atoms. The van der Waals surface area contributed by atoms with Gasteiger partial charge in [0.05, 0.1) is 16.0 Å². The summed E-state index contributed by atoms with van der Waals surface area (Å²) >= 11 is 9.01. The Kier molecular flexibility index (Phi) is 5.43. The molecule has 0 N–H and O–H groups in total. The van der Waals surface area contributed by atoms with E-state index >= 15 is 0 Å². The first-order chi connectivity index (χ1) is 13.1. The van der Waals surface area contributed by atoms with Gasteiger partial charge in [-0.05, 0) is 43.3 Å². The topological polar surface area (TPSA) is 51.7 Å². The molecule has 140 valence electrons. The van der Waals surface area contributed by atoms with Crippen LogP contribution in [0.25, 0.3) is 10.2 Å². The van der Waals surface area contributed by atoms with Crippen LogP contribution in [0.2, 0.25) is 5.02 Å². The average molecular weight is 421 g/mol. The first kappa shape index (κ1) is 18.4. The molecule has 2 aromatic carbocycles. The Balaban J connectivity index is 1.47. The summed E-state index contributed by atoms with van der Waals surface area (Å²) in [6, 6.07) is 11.3. The lowest BCUT2D eigenvalue weighted by Crippen LogP contribution is -2.32. The molecule has 0 atom stereocenters. The zero-order valence-electron chi connectivity index (χ0n) is 14.6. The Bertz CT molecular complexity index is 992. The van der Waals surface area contributed by atoms with Gasteiger partial charge in [-0.2, -0.15) is 0 Å². The lowest BCUT2D eigenvalue weighted by molar-refractivity contribution is -0.116. The molecule has 3 aromatic rings. The quantitative estimate of drug-likeness (QED) is 0.551. The average Bonchev–Trinajstić information content (AvgIpc) is 3.09. The third-order valence-corrected chi connectivity index (χ3v) is 6.34. The standard InChI is InChI=1S/C19H17ClN2O3S2/c1-2-22(19-21-14-9-12(20)3-6-17(14)27-19)18(23)11-26-13-4-5-15-16(10-13)25-8-7-24-15/h3-6,9-10H,2,7-8,11H2,1H3. The van der Waals surface area contributed by atoms with Gasteiger partial charge in [-0.1, -0.05) is 22.9 Å². The fraction of sp³-hybridized carbons (Fsp3) is 0.263. The van der Waals surface area contributed by atoms with Crippen LogP contribution in [-0.2, 0) is 4.79 Å². The zero-order chi connectivity index (χ0) is 18.8. The first-order valence-corrected chi connectivity index (χ1v) is 10.7. The van der Waals surface area contributed by atoms with Crippen molar-refractivity contribution in [2.24, 2.45) is 0 Å². The van der Waals surface area contributed by atoms with Crippen LogP contribution in [0.5, 0.6) is 11.5 Å². The second-order valence-corrected chi connectivity index (χ2v) is 8.33. The molecule has 1 aromatic heterocycles. The number of aromatic nitrogens is 1. The molecule has 4 rings (SSSR count). The maximum atomic E-state index is 12.8. The SMILES string of the molecule is CCN(C(=O)CSc1ccc2c(c1)OCCO2)c1nc2cc(Cl)ccc2s1. The predicted octanol–water partition coefficient (Wildman–Crippen LogP) is 4.87. The summed E-state index contributed by atoms with van der Waals surface area (Å²) in [5.74, 6) is 1.82. The van der Waals surface area contributed by atoms with Gasteiger partial charge in [0.15, 0.2) is 16.6 Å². The van der Waals surface area contributed by atoms with Crippen molar-refractivity contribution in [1.82, 2.24) is 4.98 Å². The summed E-state index contributed by atoms with van der Waals surface area (Å²) < 4.78 is 12.1. The van der Waals surface area contributed by atoms with Gasteiger partial charge in [0.25, 0.3) is 0 Å². The van der Waals surface area contributed by atoms with Crippen LogP contribution in [0.15, 0.2) is 41.3 Å². The number of hydrogen-bond acceptors (Lipinski definition) is 6. The van der Waals surface area contributed by atoms with E-state index in [2.05, 4.69) is 4.98 Å². The minimum absolute atomic E-state index is 0.0162. The molecule has 0 saturated heterocycles. The number of anilines is 1. The number of fused-ring (bicyclic) bond motifs is 2. The van der Waals surface area contributed by atoms with Crippen molar-refractivity contribution in [3.05, 3.63) is 41.4 Å². The second kappa shape index (κ2) is 7.96. The number of hydrogen-bond donors (Lipinski definition) is 0. The van der Waals surface area contributed by atoms with E-state index in [9.17, 15) is 4.79 Å². The van der Waals surface area contributed by atoms with Gasteiger partial charge in [-0.3, -0.25) is 9.69 Å². The fourth-order valence-electron chi connectivity index (χ4n) is 2.76. The molecule has 0 bridgehead atoms. The fourth-order valence-corrected chi connectivity index (χ4v) is 4.75. The second-order valence-electron chi connectivity index (χ2n) is 5.84. The Hall–Kier alpha value is -1.96. The minimum atomic E-state index is 0.0162. The zero-order valence-corrected chi connectivity index (χ0v) is 17.0. The number of nitrogens with zero attached hydrogens (tertiary/aromatic N) is 2. The van der Waals surface area contributed by atoms with E-state index in [4.69, 9.17) is 21.1 Å². The molecule has 27 heavy (non-hydrogen) atoms. The van der Waals surface area contributed by atoms with Crippen LogP contribution >= 0.6 is 34.7 Å². The van der Waals surface area contributed by atoms with Crippen molar-refractivity contribution in [3.8, 4) is 11.5 Å². The minimum Gasteiger partial charge on any atom is -0.486 e. The predicted molar refractivity (Wildman–Crippen MR) is 111 cm³/mol. The largest absolute Gasteiger partial charge is 0.486 e. The number of amides is 1. The van der Waals surface area contributed by atoms with Crippen molar-refractivity contribution >= 4 is 56.0 Å². The highest BCUT2D eigenvalue weighted by atomic mass is 35.5. The molecule has 1 aliphatic heterocycles. The van der Waals surface area contributed by atoms with Crippen molar-refractivity contribution in [3.63, 3.8) is 0 Å². The van der Waals surface area contributed by atoms with Crippen LogP contribution in [-0.4, -0.2) is 36.4 Å². The smallest absolute Gasteiger partial charge is 0.239 e. The highest BCUT2D eigenvalue weighted by molar-refractivity contribution is 8.00. The van der Waals surface area contributed by atoms with Crippen LogP contribution in [0.1, 0.15) is 6.92 Å². The molecule has 0 aliphatic carbocycles. The van der Waals surface area contributed by atoms with Gasteiger partial charge in [0.2, 0.25) is 5.91 Å². The number of carbonyl (C=O) groups is 1. The van der Waals surface area contributed by atoms with Crippen LogP contribution in [0.3, 0.4) is 0 Å². The highest BCUT2D eigenvalue weighted by Crippen LogP contribution is 2.35. The van der Waals surface area contributed by atoms with Crippen LogP contribution < -0.4 is 14.4 Å². The van der Waals surface area contributed by atoms with E-state index in [1.54, 1.807) is 4.90 Å². The monoisotopic (exact) mass is 420 g/mol. The molecule has 2 heterocycles. The molecule has 0 fully saturated rings. The first-order valence-electron chi connectivity index (χ1n) is 8.53. The summed E-state index contributed by atoms with van der Waals surface area (Å²) in [6.07, 6.45) is 0. The molecule has 8 heteroatoms. The van der Waals surface area contributed by atoms with Gasteiger partial charge in [-0.15, -0.1) is 11.8 Å². The van der Waals surface area contributed by atoms with E-state index in [1.807, 2.05) is 43.3 Å². The molecular formula is C19H17ClN2O3S2.